The summed E-state index contributed by atoms with van der Waals surface area (Å²) in [5, 5.41) is 2.33. The first-order valence-corrected chi connectivity index (χ1v) is 9.23. The van der Waals surface area contributed by atoms with Crippen molar-refractivity contribution in [1.82, 2.24) is 9.88 Å². The number of carbonyl (C=O) groups is 1. The molecule has 1 atom stereocenters. The van der Waals surface area contributed by atoms with Crippen molar-refractivity contribution in [3.05, 3.63) is 30.1 Å². The smallest absolute Gasteiger partial charge is 0.410 e. The van der Waals surface area contributed by atoms with Crippen molar-refractivity contribution in [3.8, 4) is 0 Å². The lowest BCUT2D eigenvalue weighted by molar-refractivity contribution is 0.0292. The van der Waals surface area contributed by atoms with Crippen LogP contribution < -0.4 is 10.6 Å². The molecule has 138 valence electrons. The molecule has 6 heteroatoms. The van der Waals surface area contributed by atoms with Gasteiger partial charge in [-0.3, -0.25) is 4.98 Å². The topological polar surface area (TPSA) is 71.7 Å². The van der Waals surface area contributed by atoms with Gasteiger partial charge in [0.2, 0.25) is 0 Å². The Morgan fingerprint density at radius 2 is 2.08 bits per heavy atom. The van der Waals surface area contributed by atoms with Gasteiger partial charge in [-0.15, -0.1) is 0 Å². The molecule has 1 aromatic carbocycles. The van der Waals surface area contributed by atoms with E-state index in [1.165, 1.54) is 10.9 Å². The Kier molecular flexibility index (Phi) is 3.93. The molecule has 1 saturated heterocycles. The van der Waals surface area contributed by atoms with E-state index in [-0.39, 0.29) is 12.1 Å². The molecule has 0 saturated carbocycles. The van der Waals surface area contributed by atoms with E-state index >= 15 is 0 Å². The fraction of sp³-hybridized carbons (Fsp3) is 0.500. The van der Waals surface area contributed by atoms with E-state index in [9.17, 15) is 4.79 Å². The molecule has 4 rings (SSSR count). The number of pyridine rings is 1. The van der Waals surface area contributed by atoms with E-state index in [4.69, 9.17) is 10.5 Å². The van der Waals surface area contributed by atoms with Gasteiger partial charge in [0.15, 0.2) is 0 Å². The third-order valence-corrected chi connectivity index (χ3v) is 5.17. The summed E-state index contributed by atoms with van der Waals surface area (Å²) < 4.78 is 5.53. The molecular weight excluding hydrogens is 328 g/mol. The highest BCUT2D eigenvalue weighted by Crippen LogP contribution is 2.40. The number of benzene rings is 1. The maximum absolute atomic E-state index is 12.4. The average Bonchev–Trinajstić information content (AvgIpc) is 3.06. The summed E-state index contributed by atoms with van der Waals surface area (Å²) >= 11 is 0. The summed E-state index contributed by atoms with van der Waals surface area (Å²) in [5.41, 5.74) is 9.04. The number of likely N-dealkylation sites (tertiary alicyclic amines) is 1. The molecule has 1 aromatic heterocycles. The van der Waals surface area contributed by atoms with E-state index in [2.05, 4.69) is 9.88 Å². The Morgan fingerprint density at radius 3 is 2.85 bits per heavy atom. The molecular formula is C20H26N4O2. The third kappa shape index (κ3) is 2.93. The number of hydrogen-bond acceptors (Lipinski definition) is 5. The summed E-state index contributed by atoms with van der Waals surface area (Å²) in [6.07, 6.45) is 5.49. The predicted molar refractivity (Wildman–Crippen MR) is 103 cm³/mol. The number of nitrogen functional groups attached to an aromatic ring is 1. The summed E-state index contributed by atoms with van der Waals surface area (Å²) in [7, 11) is 0. The zero-order valence-electron chi connectivity index (χ0n) is 15.7. The minimum atomic E-state index is -0.470. The van der Waals surface area contributed by atoms with Crippen LogP contribution in [0.2, 0.25) is 0 Å². The molecule has 2 N–H and O–H groups in total. The monoisotopic (exact) mass is 354 g/mol. The highest BCUT2D eigenvalue weighted by Gasteiger charge is 2.35. The SMILES string of the molecule is CC(C)(C)OC(=O)N1CCC(N2CCc3cncc4ccc(N)c2c34)C1. The predicted octanol–water partition coefficient (Wildman–Crippen LogP) is 3.19. The van der Waals surface area contributed by atoms with Gasteiger partial charge in [0.05, 0.1) is 11.4 Å². The van der Waals surface area contributed by atoms with Crippen molar-refractivity contribution in [2.75, 3.05) is 30.3 Å². The molecule has 6 nitrogen and oxygen atoms in total. The molecule has 1 unspecified atom stereocenters. The van der Waals surface area contributed by atoms with Crippen molar-refractivity contribution in [1.29, 1.82) is 0 Å². The van der Waals surface area contributed by atoms with Crippen molar-refractivity contribution < 1.29 is 9.53 Å². The Hall–Kier alpha value is -2.50. The van der Waals surface area contributed by atoms with Crippen LogP contribution in [0, 0.1) is 0 Å². The van der Waals surface area contributed by atoms with Gasteiger partial charge in [0, 0.05) is 48.8 Å². The van der Waals surface area contributed by atoms with Gasteiger partial charge < -0.3 is 20.3 Å². The van der Waals surface area contributed by atoms with Crippen LogP contribution in [-0.4, -0.2) is 47.3 Å². The lowest BCUT2D eigenvalue weighted by Crippen LogP contribution is -2.43. The van der Waals surface area contributed by atoms with E-state index in [0.29, 0.717) is 6.54 Å². The van der Waals surface area contributed by atoms with Crippen molar-refractivity contribution in [2.45, 2.75) is 45.3 Å². The average molecular weight is 354 g/mol. The highest BCUT2D eigenvalue weighted by atomic mass is 16.6. The van der Waals surface area contributed by atoms with E-state index in [1.807, 2.05) is 50.2 Å². The second kappa shape index (κ2) is 6.04. The number of hydrogen-bond donors (Lipinski definition) is 1. The molecule has 0 spiro atoms. The van der Waals surface area contributed by atoms with Crippen LogP contribution in [0.5, 0.6) is 0 Å². The number of aromatic nitrogens is 1. The number of ether oxygens (including phenoxy) is 1. The molecule has 2 aliphatic heterocycles. The summed E-state index contributed by atoms with van der Waals surface area (Å²) in [6, 6.07) is 4.26. The number of amides is 1. The number of nitrogens with zero attached hydrogens (tertiary/aromatic N) is 3. The van der Waals surface area contributed by atoms with Crippen LogP contribution >= 0.6 is 0 Å². The minimum Gasteiger partial charge on any atom is -0.444 e. The van der Waals surface area contributed by atoms with Gasteiger partial charge in [-0.2, -0.15) is 0 Å². The lowest BCUT2D eigenvalue weighted by Gasteiger charge is -2.36. The van der Waals surface area contributed by atoms with Gasteiger partial charge in [-0.05, 0) is 45.2 Å². The zero-order valence-corrected chi connectivity index (χ0v) is 15.7. The van der Waals surface area contributed by atoms with Gasteiger partial charge in [-0.1, -0.05) is 6.07 Å². The first-order chi connectivity index (χ1) is 12.3. The van der Waals surface area contributed by atoms with Crippen LogP contribution in [0.25, 0.3) is 10.8 Å². The Morgan fingerprint density at radius 1 is 1.27 bits per heavy atom. The summed E-state index contributed by atoms with van der Waals surface area (Å²) in [6.45, 7) is 7.98. The van der Waals surface area contributed by atoms with Gasteiger partial charge in [0.25, 0.3) is 0 Å². The van der Waals surface area contributed by atoms with E-state index in [1.54, 1.807) is 0 Å². The first kappa shape index (κ1) is 16.9. The van der Waals surface area contributed by atoms with Crippen molar-refractivity contribution in [2.24, 2.45) is 0 Å². The number of rotatable bonds is 1. The molecule has 26 heavy (non-hydrogen) atoms. The molecule has 0 radical (unpaired) electrons. The lowest BCUT2D eigenvalue weighted by atomic mass is 9.96. The van der Waals surface area contributed by atoms with Gasteiger partial charge in [0.1, 0.15) is 5.60 Å². The number of carbonyl (C=O) groups excluding carboxylic acids is 1. The standard InChI is InChI=1S/C20H26N4O2/c1-20(2,3)26-19(25)23-8-7-15(12-23)24-9-6-14-11-22-10-13-4-5-16(21)18(24)17(13)14/h4-5,10-11,15H,6-9,12,21H2,1-3H3. The maximum atomic E-state index is 12.4. The molecule has 0 bridgehead atoms. The number of anilines is 2. The second-order valence-electron chi connectivity index (χ2n) is 8.21. The van der Waals surface area contributed by atoms with Crippen molar-refractivity contribution in [3.63, 3.8) is 0 Å². The molecule has 3 heterocycles. The van der Waals surface area contributed by atoms with Crippen LogP contribution in [0.3, 0.4) is 0 Å². The number of nitrogens with two attached hydrogens (primary N) is 1. The van der Waals surface area contributed by atoms with E-state index < -0.39 is 5.60 Å². The molecule has 2 aromatic rings. The first-order valence-electron chi connectivity index (χ1n) is 9.23. The van der Waals surface area contributed by atoms with Gasteiger partial charge >= 0.3 is 6.09 Å². The van der Waals surface area contributed by atoms with Gasteiger partial charge in [-0.25, -0.2) is 4.79 Å². The van der Waals surface area contributed by atoms with E-state index in [0.717, 1.165) is 42.7 Å². The molecule has 2 aliphatic rings. The highest BCUT2D eigenvalue weighted by molar-refractivity contribution is 6.02. The molecule has 1 fully saturated rings. The second-order valence-corrected chi connectivity index (χ2v) is 8.21. The van der Waals surface area contributed by atoms with Crippen LogP contribution in [-0.2, 0) is 11.2 Å². The Labute approximate surface area is 153 Å². The fourth-order valence-electron chi connectivity index (χ4n) is 4.05. The minimum absolute atomic E-state index is 0.229. The third-order valence-electron chi connectivity index (χ3n) is 5.17. The molecule has 1 amide bonds. The quantitative estimate of drug-likeness (QED) is 0.796. The maximum Gasteiger partial charge on any atom is 0.410 e. The Balaban J connectivity index is 1.61. The van der Waals surface area contributed by atoms with Crippen LogP contribution in [0.15, 0.2) is 24.5 Å². The largest absolute Gasteiger partial charge is 0.444 e. The zero-order chi connectivity index (χ0) is 18.5. The molecule has 0 aliphatic carbocycles. The summed E-state index contributed by atoms with van der Waals surface area (Å²) in [5.74, 6) is 0. The Bertz CT molecular complexity index is 859. The van der Waals surface area contributed by atoms with Crippen molar-refractivity contribution >= 4 is 28.2 Å². The normalized spacial score (nSPS) is 19.9. The fourth-order valence-corrected chi connectivity index (χ4v) is 4.05. The summed E-state index contributed by atoms with van der Waals surface area (Å²) in [4.78, 5) is 20.9. The van der Waals surface area contributed by atoms with Crippen LogP contribution in [0.1, 0.15) is 32.8 Å². The van der Waals surface area contributed by atoms with Crippen LogP contribution in [0.4, 0.5) is 16.2 Å².